The highest BCUT2D eigenvalue weighted by atomic mass is 16.2. The van der Waals surface area contributed by atoms with Crippen LogP contribution >= 0.6 is 0 Å². The molecule has 2 amide bonds. The van der Waals surface area contributed by atoms with Gasteiger partial charge in [0.25, 0.3) is 11.8 Å². The maximum Gasteiger partial charge on any atom is 0.255 e. The Kier molecular flexibility index (Phi) is 5.74. The van der Waals surface area contributed by atoms with Gasteiger partial charge in [-0.2, -0.15) is 0 Å². The summed E-state index contributed by atoms with van der Waals surface area (Å²) >= 11 is 0. The van der Waals surface area contributed by atoms with Gasteiger partial charge < -0.3 is 10.6 Å². The van der Waals surface area contributed by atoms with Crippen molar-refractivity contribution in [3.63, 3.8) is 0 Å². The van der Waals surface area contributed by atoms with Gasteiger partial charge in [0.15, 0.2) is 0 Å². The molecule has 4 nitrogen and oxygen atoms in total. The molecule has 4 heteroatoms. The number of nitrogens with one attached hydrogen (secondary N) is 2. The van der Waals surface area contributed by atoms with Gasteiger partial charge in [-0.15, -0.1) is 0 Å². The van der Waals surface area contributed by atoms with Crippen LogP contribution in [0.3, 0.4) is 0 Å². The van der Waals surface area contributed by atoms with Gasteiger partial charge in [-0.3, -0.25) is 9.59 Å². The Morgan fingerprint density at radius 1 is 1.00 bits per heavy atom. The molecule has 0 saturated carbocycles. The molecule has 0 aliphatic heterocycles. The molecular formula is C20H24N2O2. The third-order valence-corrected chi connectivity index (χ3v) is 4.01. The molecule has 0 saturated heterocycles. The lowest BCUT2D eigenvalue weighted by Gasteiger charge is -2.12. The number of anilines is 1. The van der Waals surface area contributed by atoms with E-state index in [4.69, 9.17) is 0 Å². The third kappa shape index (κ3) is 4.44. The molecule has 0 spiro atoms. The zero-order valence-corrected chi connectivity index (χ0v) is 14.6. The van der Waals surface area contributed by atoms with Crippen molar-refractivity contribution in [1.29, 1.82) is 0 Å². The van der Waals surface area contributed by atoms with Crippen molar-refractivity contribution in [3.05, 3.63) is 64.7 Å². The smallest absolute Gasteiger partial charge is 0.255 e. The minimum absolute atomic E-state index is 0.102. The first-order valence-corrected chi connectivity index (χ1v) is 8.20. The Morgan fingerprint density at radius 2 is 1.67 bits per heavy atom. The normalized spacial score (nSPS) is 11.7. The molecule has 2 aromatic carbocycles. The summed E-state index contributed by atoms with van der Waals surface area (Å²) < 4.78 is 0. The highest BCUT2D eigenvalue weighted by Crippen LogP contribution is 2.17. The van der Waals surface area contributed by atoms with Crippen molar-refractivity contribution in [2.45, 2.75) is 40.2 Å². The Balaban J connectivity index is 2.15. The molecule has 0 radical (unpaired) electrons. The van der Waals surface area contributed by atoms with Crippen molar-refractivity contribution < 1.29 is 9.59 Å². The predicted molar refractivity (Wildman–Crippen MR) is 97.5 cm³/mol. The Labute approximate surface area is 143 Å². The minimum atomic E-state index is -0.222. The Hall–Kier alpha value is -2.62. The molecular weight excluding hydrogens is 300 g/mol. The van der Waals surface area contributed by atoms with E-state index in [0.717, 1.165) is 23.2 Å². The molecule has 2 N–H and O–H groups in total. The fourth-order valence-corrected chi connectivity index (χ4v) is 2.36. The molecule has 2 rings (SSSR count). The lowest BCUT2D eigenvalue weighted by atomic mass is 10.1. The van der Waals surface area contributed by atoms with E-state index in [0.29, 0.717) is 11.1 Å². The quantitative estimate of drug-likeness (QED) is 0.870. The van der Waals surface area contributed by atoms with E-state index in [1.54, 1.807) is 24.3 Å². The van der Waals surface area contributed by atoms with E-state index in [-0.39, 0.29) is 17.9 Å². The molecule has 24 heavy (non-hydrogen) atoms. The Bertz CT molecular complexity index is 753. The van der Waals surface area contributed by atoms with Crippen molar-refractivity contribution in [3.8, 4) is 0 Å². The van der Waals surface area contributed by atoms with Gasteiger partial charge in [0.1, 0.15) is 0 Å². The van der Waals surface area contributed by atoms with Crippen molar-refractivity contribution in [1.82, 2.24) is 5.32 Å². The largest absolute Gasteiger partial charge is 0.350 e. The van der Waals surface area contributed by atoms with E-state index in [2.05, 4.69) is 10.6 Å². The van der Waals surface area contributed by atoms with Crippen LogP contribution in [0.15, 0.2) is 42.5 Å². The van der Waals surface area contributed by atoms with Gasteiger partial charge in [-0.05, 0) is 57.0 Å². The predicted octanol–water partition coefficient (Wildman–Crippen LogP) is 4.08. The summed E-state index contributed by atoms with van der Waals surface area (Å²) in [6, 6.07) is 12.7. The van der Waals surface area contributed by atoms with Crippen LogP contribution in [0.5, 0.6) is 0 Å². The summed E-state index contributed by atoms with van der Waals surface area (Å²) in [4.78, 5) is 24.7. The fraction of sp³-hybridized carbons (Fsp3) is 0.300. The summed E-state index contributed by atoms with van der Waals surface area (Å²) in [5.41, 5.74) is 3.89. The van der Waals surface area contributed by atoms with Crippen molar-refractivity contribution in [2.75, 3.05) is 5.32 Å². The van der Waals surface area contributed by atoms with Crippen LogP contribution in [0, 0.1) is 13.8 Å². The van der Waals surface area contributed by atoms with E-state index in [1.165, 1.54) is 0 Å². The highest BCUT2D eigenvalue weighted by Gasteiger charge is 2.12. The molecule has 126 valence electrons. The van der Waals surface area contributed by atoms with Crippen molar-refractivity contribution in [2.24, 2.45) is 0 Å². The third-order valence-electron chi connectivity index (χ3n) is 4.01. The van der Waals surface area contributed by atoms with Crippen molar-refractivity contribution >= 4 is 17.5 Å². The fourth-order valence-electron chi connectivity index (χ4n) is 2.36. The summed E-state index contributed by atoms with van der Waals surface area (Å²) in [5.74, 6) is -0.384. The SMILES string of the molecule is CCC(C)NC(=O)c1cccc(C(=O)Nc2ccc(C)cc2C)c1. The molecule has 0 aromatic heterocycles. The first-order valence-electron chi connectivity index (χ1n) is 8.20. The zero-order chi connectivity index (χ0) is 17.7. The lowest BCUT2D eigenvalue weighted by molar-refractivity contribution is 0.0939. The second kappa shape index (κ2) is 7.77. The molecule has 2 aromatic rings. The molecule has 0 aliphatic carbocycles. The van der Waals surface area contributed by atoms with Crippen LogP contribution in [0.1, 0.15) is 52.1 Å². The number of amides is 2. The number of benzene rings is 2. The average Bonchev–Trinajstić information content (AvgIpc) is 2.57. The Morgan fingerprint density at radius 3 is 2.29 bits per heavy atom. The highest BCUT2D eigenvalue weighted by molar-refractivity contribution is 6.06. The van der Waals surface area contributed by atoms with Crippen LogP contribution in [0.25, 0.3) is 0 Å². The maximum absolute atomic E-state index is 12.5. The monoisotopic (exact) mass is 324 g/mol. The van der Waals surface area contributed by atoms with Gasteiger partial charge in [-0.25, -0.2) is 0 Å². The topological polar surface area (TPSA) is 58.2 Å². The van der Waals surface area contributed by atoms with Gasteiger partial charge in [0.2, 0.25) is 0 Å². The number of hydrogen-bond donors (Lipinski definition) is 2. The number of aryl methyl sites for hydroxylation is 2. The van der Waals surface area contributed by atoms with Gasteiger partial charge >= 0.3 is 0 Å². The van der Waals surface area contributed by atoms with E-state index >= 15 is 0 Å². The summed E-state index contributed by atoms with van der Waals surface area (Å²) in [6.45, 7) is 7.93. The van der Waals surface area contributed by atoms with Gasteiger partial charge in [0, 0.05) is 22.9 Å². The number of carbonyl (C=O) groups excluding carboxylic acids is 2. The second-order valence-electron chi connectivity index (χ2n) is 6.14. The first kappa shape index (κ1) is 17.7. The molecule has 1 atom stereocenters. The summed E-state index contributed by atoms with van der Waals surface area (Å²) in [6.07, 6.45) is 0.860. The molecule has 0 aliphatic rings. The summed E-state index contributed by atoms with van der Waals surface area (Å²) in [5, 5.41) is 5.81. The average molecular weight is 324 g/mol. The van der Waals surface area contributed by atoms with Crippen LogP contribution in [-0.4, -0.2) is 17.9 Å². The number of hydrogen-bond acceptors (Lipinski definition) is 2. The van der Waals surface area contributed by atoms with Crippen LogP contribution in [-0.2, 0) is 0 Å². The summed E-state index contributed by atoms with van der Waals surface area (Å²) in [7, 11) is 0. The van der Waals surface area contributed by atoms with Crippen LogP contribution in [0.4, 0.5) is 5.69 Å². The van der Waals surface area contributed by atoms with E-state index in [1.807, 2.05) is 45.9 Å². The number of rotatable bonds is 5. The van der Waals surface area contributed by atoms with Crippen LogP contribution < -0.4 is 10.6 Å². The lowest BCUT2D eigenvalue weighted by Crippen LogP contribution is -2.32. The zero-order valence-electron chi connectivity index (χ0n) is 14.6. The number of carbonyl (C=O) groups is 2. The molecule has 1 unspecified atom stereocenters. The second-order valence-corrected chi connectivity index (χ2v) is 6.14. The maximum atomic E-state index is 12.5. The van der Waals surface area contributed by atoms with E-state index < -0.39 is 0 Å². The van der Waals surface area contributed by atoms with E-state index in [9.17, 15) is 9.59 Å². The molecule has 0 bridgehead atoms. The van der Waals surface area contributed by atoms with Gasteiger partial charge in [-0.1, -0.05) is 30.7 Å². The molecule has 0 fully saturated rings. The standard InChI is InChI=1S/C20H24N2O2/c1-5-15(4)21-19(23)16-7-6-8-17(12-16)20(24)22-18-10-9-13(2)11-14(18)3/h6-12,15H,5H2,1-4H3,(H,21,23)(H,22,24). The van der Waals surface area contributed by atoms with Gasteiger partial charge in [0.05, 0.1) is 0 Å². The minimum Gasteiger partial charge on any atom is -0.350 e. The molecule has 0 heterocycles. The first-order chi connectivity index (χ1) is 11.4. The van der Waals surface area contributed by atoms with Crippen LogP contribution in [0.2, 0.25) is 0 Å².